The largest absolute Gasteiger partial charge is 0.458 e. The van der Waals surface area contributed by atoms with Crippen LogP contribution in [-0.2, 0) is 0 Å². The average molecular weight is 292 g/mol. The number of benzene rings is 1. The molecule has 4 heteroatoms. The molecule has 0 saturated carbocycles. The third-order valence-electron chi connectivity index (χ3n) is 2.36. The van der Waals surface area contributed by atoms with Gasteiger partial charge in [-0.25, -0.2) is 0 Å². The predicted octanol–water partition coefficient (Wildman–Crippen LogP) is 5.66. The average Bonchev–Trinajstić information content (AvgIpc) is 2.27. The Morgan fingerprint density at radius 3 is 2.47 bits per heavy atom. The Labute approximate surface area is 117 Å². The number of ether oxygens (including phenoxy) is 1. The van der Waals surface area contributed by atoms with Crippen molar-refractivity contribution in [1.82, 2.24) is 0 Å². The fourth-order valence-corrected chi connectivity index (χ4v) is 1.84. The Kier molecular flexibility index (Phi) is 4.93. The van der Waals surface area contributed by atoms with Gasteiger partial charge in [0, 0.05) is 16.0 Å². The number of hydrogen-bond acceptors (Lipinski definition) is 1. The molecule has 0 fully saturated rings. The number of rotatable bonds is 4. The lowest BCUT2D eigenvalue weighted by Gasteiger charge is -2.23. The zero-order valence-electron chi connectivity index (χ0n) is 9.64. The molecule has 92 valence electrons. The summed E-state index contributed by atoms with van der Waals surface area (Å²) < 4.78 is 5.67. The van der Waals surface area contributed by atoms with Crippen LogP contribution in [0.4, 0.5) is 0 Å². The van der Waals surface area contributed by atoms with Crippen LogP contribution < -0.4 is 4.74 Å². The lowest BCUT2D eigenvalue weighted by molar-refractivity contribution is 0.321. The van der Waals surface area contributed by atoms with Gasteiger partial charge < -0.3 is 4.74 Å². The maximum Gasteiger partial charge on any atom is 0.145 e. The summed E-state index contributed by atoms with van der Waals surface area (Å²) in [6.45, 7) is 7.63. The molecule has 0 heterocycles. The van der Waals surface area contributed by atoms with Gasteiger partial charge >= 0.3 is 0 Å². The normalized spacial score (nSPS) is 12.4. The second kappa shape index (κ2) is 5.81. The second-order valence-electron chi connectivity index (χ2n) is 4.08. The highest BCUT2D eigenvalue weighted by Crippen LogP contribution is 2.34. The van der Waals surface area contributed by atoms with E-state index in [1.54, 1.807) is 24.3 Å². The first-order valence-corrected chi connectivity index (χ1v) is 6.17. The van der Waals surface area contributed by atoms with Crippen LogP contribution in [0.3, 0.4) is 0 Å². The summed E-state index contributed by atoms with van der Waals surface area (Å²) in [5.41, 5.74) is 1.01. The Bertz CT molecular complexity index is 450. The molecule has 0 atom stereocenters. The summed E-state index contributed by atoms with van der Waals surface area (Å²) in [5.74, 6) is 1.08. The van der Waals surface area contributed by atoms with E-state index in [-0.39, 0.29) is 5.41 Å². The Balaban J connectivity index is 3.01. The molecule has 0 amide bonds. The van der Waals surface area contributed by atoms with Crippen molar-refractivity contribution in [3.63, 3.8) is 0 Å². The number of allylic oxidation sites excluding steroid dienone is 1. The molecule has 0 spiro atoms. The summed E-state index contributed by atoms with van der Waals surface area (Å²) in [6, 6.07) is 5.02. The van der Waals surface area contributed by atoms with Crippen LogP contribution in [0.15, 0.2) is 42.1 Å². The summed E-state index contributed by atoms with van der Waals surface area (Å²) in [4.78, 5) is 0. The maximum atomic E-state index is 6.02. The highest BCUT2D eigenvalue weighted by Gasteiger charge is 2.22. The van der Waals surface area contributed by atoms with E-state index >= 15 is 0 Å². The highest BCUT2D eigenvalue weighted by atomic mass is 35.5. The first-order valence-electron chi connectivity index (χ1n) is 4.98. The van der Waals surface area contributed by atoms with Crippen LogP contribution >= 0.6 is 34.8 Å². The van der Waals surface area contributed by atoms with Crippen LogP contribution in [0.25, 0.3) is 0 Å². The minimum absolute atomic E-state index is 0.370. The first-order chi connectivity index (χ1) is 7.90. The molecule has 0 unspecified atom stereocenters. The fraction of sp³-hybridized carbons (Fsp3) is 0.231. The van der Waals surface area contributed by atoms with Crippen LogP contribution in [0.1, 0.15) is 13.8 Å². The van der Waals surface area contributed by atoms with E-state index in [2.05, 4.69) is 6.58 Å². The fourth-order valence-electron chi connectivity index (χ4n) is 1.07. The topological polar surface area (TPSA) is 9.23 Å². The molecule has 1 nitrogen and oxygen atoms in total. The van der Waals surface area contributed by atoms with Crippen LogP contribution in [0, 0.1) is 5.41 Å². The van der Waals surface area contributed by atoms with Gasteiger partial charge in [0.05, 0.1) is 5.02 Å². The lowest BCUT2D eigenvalue weighted by atomic mass is 9.92. The Hall–Kier alpha value is -0.630. The monoisotopic (exact) mass is 290 g/mol. The van der Waals surface area contributed by atoms with Gasteiger partial charge in [-0.15, -0.1) is 6.58 Å². The molecule has 1 rings (SSSR count). The van der Waals surface area contributed by atoms with Crippen molar-refractivity contribution in [2.45, 2.75) is 13.8 Å². The van der Waals surface area contributed by atoms with E-state index in [0.29, 0.717) is 21.6 Å². The minimum atomic E-state index is -0.370. The molecule has 0 N–H and O–H groups in total. The Morgan fingerprint density at radius 1 is 1.35 bits per heavy atom. The van der Waals surface area contributed by atoms with Crippen molar-refractivity contribution in [3.05, 3.63) is 52.2 Å². The number of hydrogen-bond donors (Lipinski definition) is 0. The standard InChI is InChI=1S/C13H13Cl3O/c1-4-13(2,3)12(8-14)17-11-6-5-9(15)7-10(11)16/h4-8H,1H2,2-3H3/b12-8-. The molecule has 0 saturated heterocycles. The third-order valence-corrected chi connectivity index (χ3v) is 3.09. The van der Waals surface area contributed by atoms with Gasteiger partial charge in [0.1, 0.15) is 11.5 Å². The molecule has 17 heavy (non-hydrogen) atoms. The lowest BCUT2D eigenvalue weighted by Crippen LogP contribution is -2.15. The number of halogens is 3. The molecule has 1 aromatic rings. The molecule has 0 aromatic heterocycles. The van der Waals surface area contributed by atoms with Crippen LogP contribution in [-0.4, -0.2) is 0 Å². The molecular weight excluding hydrogens is 279 g/mol. The SMILES string of the molecule is C=CC(C)(C)/C(=C/Cl)Oc1ccc(Cl)cc1Cl. The smallest absolute Gasteiger partial charge is 0.145 e. The van der Waals surface area contributed by atoms with Gasteiger partial charge in [-0.3, -0.25) is 0 Å². The van der Waals surface area contributed by atoms with Gasteiger partial charge in [0.15, 0.2) is 0 Å². The van der Waals surface area contributed by atoms with E-state index in [4.69, 9.17) is 39.5 Å². The van der Waals surface area contributed by atoms with Crippen molar-refractivity contribution in [2.24, 2.45) is 5.41 Å². The highest BCUT2D eigenvalue weighted by molar-refractivity contribution is 6.35. The van der Waals surface area contributed by atoms with E-state index in [1.807, 2.05) is 13.8 Å². The van der Waals surface area contributed by atoms with E-state index in [1.165, 1.54) is 5.54 Å². The van der Waals surface area contributed by atoms with Gasteiger partial charge in [-0.1, -0.05) is 40.9 Å². The van der Waals surface area contributed by atoms with Crippen molar-refractivity contribution >= 4 is 34.8 Å². The van der Waals surface area contributed by atoms with Gasteiger partial charge in [0.25, 0.3) is 0 Å². The third kappa shape index (κ3) is 3.67. The first kappa shape index (κ1) is 14.4. The van der Waals surface area contributed by atoms with E-state index in [0.717, 1.165) is 0 Å². The minimum Gasteiger partial charge on any atom is -0.458 e. The maximum absolute atomic E-state index is 6.02. The second-order valence-corrected chi connectivity index (χ2v) is 5.14. The zero-order chi connectivity index (χ0) is 13.1. The quantitative estimate of drug-likeness (QED) is 0.513. The molecule has 0 aliphatic rings. The van der Waals surface area contributed by atoms with Gasteiger partial charge in [0.2, 0.25) is 0 Å². The molecule has 0 aliphatic carbocycles. The van der Waals surface area contributed by atoms with Crippen LogP contribution in [0.2, 0.25) is 10.0 Å². The molecular formula is C13H13Cl3O. The van der Waals surface area contributed by atoms with Crippen molar-refractivity contribution in [3.8, 4) is 5.75 Å². The predicted molar refractivity (Wildman–Crippen MR) is 75.0 cm³/mol. The Morgan fingerprint density at radius 2 is 2.00 bits per heavy atom. The van der Waals surface area contributed by atoms with Crippen molar-refractivity contribution in [1.29, 1.82) is 0 Å². The molecule has 0 aliphatic heterocycles. The van der Waals surface area contributed by atoms with E-state index < -0.39 is 0 Å². The molecule has 1 aromatic carbocycles. The van der Waals surface area contributed by atoms with E-state index in [9.17, 15) is 0 Å². The van der Waals surface area contributed by atoms with Crippen molar-refractivity contribution in [2.75, 3.05) is 0 Å². The summed E-state index contributed by atoms with van der Waals surface area (Å²) in [5, 5.41) is 0.995. The molecule has 0 radical (unpaired) electrons. The summed E-state index contributed by atoms with van der Waals surface area (Å²) in [6.07, 6.45) is 1.75. The van der Waals surface area contributed by atoms with Gasteiger partial charge in [-0.2, -0.15) is 0 Å². The van der Waals surface area contributed by atoms with Crippen molar-refractivity contribution < 1.29 is 4.74 Å². The summed E-state index contributed by atoms with van der Waals surface area (Å²) in [7, 11) is 0. The van der Waals surface area contributed by atoms with Gasteiger partial charge in [-0.05, 0) is 32.0 Å². The molecule has 0 bridgehead atoms. The zero-order valence-corrected chi connectivity index (χ0v) is 11.9. The summed E-state index contributed by atoms with van der Waals surface area (Å²) >= 11 is 17.6. The van der Waals surface area contributed by atoms with Crippen LogP contribution in [0.5, 0.6) is 5.75 Å².